The maximum Gasteiger partial charge on any atom is 0.216 e. The highest BCUT2D eigenvalue weighted by molar-refractivity contribution is 7.99. The molecule has 0 aliphatic heterocycles. The second kappa shape index (κ2) is 4.35. The summed E-state index contributed by atoms with van der Waals surface area (Å²) in [6.07, 6.45) is 2.74. The first-order valence-electron chi connectivity index (χ1n) is 4.53. The van der Waals surface area contributed by atoms with Crippen LogP contribution in [-0.2, 0) is 13.5 Å². The summed E-state index contributed by atoms with van der Waals surface area (Å²) >= 11 is 1.57. The van der Waals surface area contributed by atoms with Gasteiger partial charge in [0.2, 0.25) is 11.1 Å². The minimum absolute atomic E-state index is 0.359. The lowest BCUT2D eigenvalue weighted by molar-refractivity contribution is 0.719. The van der Waals surface area contributed by atoms with E-state index in [9.17, 15) is 0 Å². The number of anilines is 1. The van der Waals surface area contributed by atoms with Crippen LogP contribution >= 0.6 is 11.8 Å². The summed E-state index contributed by atoms with van der Waals surface area (Å²) in [6.45, 7) is 0. The number of nitrogens with zero attached hydrogens (tertiary/aromatic N) is 4. The summed E-state index contributed by atoms with van der Waals surface area (Å²) < 4.78 is 1.87. The fourth-order valence-electron chi connectivity index (χ4n) is 1.22. The molecule has 0 aliphatic rings. The van der Waals surface area contributed by atoms with Crippen molar-refractivity contribution >= 4 is 17.7 Å². The minimum Gasteiger partial charge on any atom is -0.368 e. The Morgan fingerprint density at radius 3 is 3.07 bits per heavy atom. The van der Waals surface area contributed by atoms with E-state index >= 15 is 0 Å². The summed E-state index contributed by atoms with van der Waals surface area (Å²) in [5, 5.41) is 11.3. The number of aromatic amines is 1. The van der Waals surface area contributed by atoms with Crippen LogP contribution in [0, 0.1) is 0 Å². The van der Waals surface area contributed by atoms with Crippen LogP contribution in [0.3, 0.4) is 0 Å². The molecule has 0 spiro atoms. The first-order chi connectivity index (χ1) is 7.25. The second-order valence-electron chi connectivity index (χ2n) is 3.05. The molecular weight excluding hydrogens is 212 g/mol. The van der Waals surface area contributed by atoms with Crippen LogP contribution in [0.25, 0.3) is 0 Å². The van der Waals surface area contributed by atoms with Gasteiger partial charge in [0.25, 0.3) is 0 Å². The van der Waals surface area contributed by atoms with Gasteiger partial charge in [0.05, 0.1) is 0 Å². The largest absolute Gasteiger partial charge is 0.368 e. The highest BCUT2D eigenvalue weighted by atomic mass is 32.2. The quantitative estimate of drug-likeness (QED) is 0.737. The van der Waals surface area contributed by atoms with Crippen LogP contribution in [0.5, 0.6) is 0 Å². The normalized spacial score (nSPS) is 10.7. The van der Waals surface area contributed by atoms with Crippen molar-refractivity contribution in [2.24, 2.45) is 7.05 Å². The van der Waals surface area contributed by atoms with Crippen molar-refractivity contribution < 1.29 is 0 Å². The Morgan fingerprint density at radius 2 is 2.47 bits per heavy atom. The predicted molar refractivity (Wildman–Crippen MR) is 58.4 cm³/mol. The van der Waals surface area contributed by atoms with Gasteiger partial charge in [-0.15, -0.1) is 5.10 Å². The van der Waals surface area contributed by atoms with Crippen LogP contribution in [0.1, 0.15) is 5.69 Å². The summed E-state index contributed by atoms with van der Waals surface area (Å²) in [7, 11) is 1.94. The fourth-order valence-corrected chi connectivity index (χ4v) is 1.98. The van der Waals surface area contributed by atoms with Crippen molar-refractivity contribution in [1.82, 2.24) is 25.0 Å². The molecule has 0 aliphatic carbocycles. The fraction of sp³-hybridized carbons (Fsp3) is 0.375. The number of H-pyrrole nitrogens is 1. The molecule has 0 radical (unpaired) electrons. The van der Waals surface area contributed by atoms with Crippen LogP contribution in [0.15, 0.2) is 17.4 Å². The van der Waals surface area contributed by atoms with Gasteiger partial charge in [-0.05, 0) is 12.5 Å². The van der Waals surface area contributed by atoms with Gasteiger partial charge in [0.1, 0.15) is 0 Å². The first kappa shape index (κ1) is 10.0. The monoisotopic (exact) mass is 224 g/mol. The molecule has 2 rings (SSSR count). The Labute approximate surface area is 91.3 Å². The van der Waals surface area contributed by atoms with Crippen molar-refractivity contribution in [2.75, 3.05) is 11.5 Å². The van der Waals surface area contributed by atoms with E-state index in [2.05, 4.69) is 20.3 Å². The summed E-state index contributed by atoms with van der Waals surface area (Å²) in [5.74, 6) is 1.27. The van der Waals surface area contributed by atoms with Gasteiger partial charge >= 0.3 is 0 Å². The summed E-state index contributed by atoms with van der Waals surface area (Å²) in [4.78, 5) is 4.00. The van der Waals surface area contributed by atoms with Crippen LogP contribution < -0.4 is 5.73 Å². The number of thioether (sulfide) groups is 1. The van der Waals surface area contributed by atoms with Gasteiger partial charge in [0, 0.05) is 24.7 Å². The van der Waals surface area contributed by atoms with E-state index in [4.69, 9.17) is 5.73 Å². The molecule has 0 amide bonds. The Kier molecular flexibility index (Phi) is 2.91. The van der Waals surface area contributed by atoms with E-state index in [0.29, 0.717) is 11.1 Å². The standard InChI is InChI=1S/C8H12N6S/c1-14-6(2-4-10-14)3-5-15-8-11-7(9)12-13-8/h2,4H,3,5H2,1H3,(H3,9,11,12,13). The maximum absolute atomic E-state index is 5.41. The molecule has 0 bridgehead atoms. The third-order valence-corrected chi connectivity index (χ3v) is 2.84. The zero-order chi connectivity index (χ0) is 10.7. The predicted octanol–water partition coefficient (Wildman–Crippen LogP) is 0.455. The molecule has 0 atom stereocenters. The second-order valence-corrected chi connectivity index (χ2v) is 4.11. The van der Waals surface area contributed by atoms with E-state index in [1.54, 1.807) is 18.0 Å². The highest BCUT2D eigenvalue weighted by Crippen LogP contribution is 2.14. The minimum atomic E-state index is 0.359. The Bertz CT molecular complexity index is 434. The highest BCUT2D eigenvalue weighted by Gasteiger charge is 2.02. The smallest absolute Gasteiger partial charge is 0.216 e. The summed E-state index contributed by atoms with van der Waals surface area (Å²) in [6, 6.07) is 2.01. The van der Waals surface area contributed by atoms with E-state index in [-0.39, 0.29) is 0 Å². The van der Waals surface area contributed by atoms with Gasteiger partial charge in [-0.1, -0.05) is 11.8 Å². The van der Waals surface area contributed by atoms with Crippen molar-refractivity contribution in [3.05, 3.63) is 18.0 Å². The molecular formula is C8H12N6S. The van der Waals surface area contributed by atoms with Crippen molar-refractivity contribution in [3.63, 3.8) is 0 Å². The van der Waals surface area contributed by atoms with Crippen LogP contribution in [-0.4, -0.2) is 30.7 Å². The zero-order valence-corrected chi connectivity index (χ0v) is 9.16. The van der Waals surface area contributed by atoms with E-state index in [0.717, 1.165) is 12.2 Å². The molecule has 80 valence electrons. The maximum atomic E-state index is 5.41. The number of hydrogen-bond donors (Lipinski definition) is 2. The van der Waals surface area contributed by atoms with Gasteiger partial charge in [-0.3, -0.25) is 4.68 Å². The number of rotatable bonds is 4. The first-order valence-corrected chi connectivity index (χ1v) is 5.52. The van der Waals surface area contributed by atoms with E-state index in [1.165, 1.54) is 5.69 Å². The van der Waals surface area contributed by atoms with Gasteiger partial charge in [0.15, 0.2) is 0 Å². The van der Waals surface area contributed by atoms with E-state index < -0.39 is 0 Å². The topological polar surface area (TPSA) is 85.4 Å². The lowest BCUT2D eigenvalue weighted by atomic mass is 10.3. The molecule has 0 saturated carbocycles. The lowest BCUT2D eigenvalue weighted by Gasteiger charge is -1.99. The SMILES string of the molecule is Cn1nccc1CCSc1n[nH]c(N)n1. The summed E-state index contributed by atoms with van der Waals surface area (Å²) in [5.41, 5.74) is 6.61. The van der Waals surface area contributed by atoms with E-state index in [1.807, 2.05) is 17.8 Å². The van der Waals surface area contributed by atoms with Gasteiger partial charge < -0.3 is 5.73 Å². The number of hydrogen-bond acceptors (Lipinski definition) is 5. The van der Waals surface area contributed by atoms with Gasteiger partial charge in [-0.25, -0.2) is 5.10 Å². The zero-order valence-electron chi connectivity index (χ0n) is 8.34. The molecule has 3 N–H and O–H groups in total. The van der Waals surface area contributed by atoms with Crippen molar-refractivity contribution in [1.29, 1.82) is 0 Å². The number of nitrogens with two attached hydrogens (primary N) is 1. The Morgan fingerprint density at radius 1 is 1.60 bits per heavy atom. The molecule has 2 aromatic heterocycles. The average molecular weight is 224 g/mol. The molecule has 15 heavy (non-hydrogen) atoms. The van der Waals surface area contributed by atoms with Crippen LogP contribution in [0.2, 0.25) is 0 Å². The Balaban J connectivity index is 1.83. The number of nitrogen functional groups attached to an aromatic ring is 1. The van der Waals surface area contributed by atoms with Crippen molar-refractivity contribution in [3.8, 4) is 0 Å². The van der Waals surface area contributed by atoms with Crippen molar-refractivity contribution in [2.45, 2.75) is 11.6 Å². The Hall–Kier alpha value is -1.50. The molecule has 0 fully saturated rings. The number of nitrogens with one attached hydrogen (secondary N) is 1. The molecule has 0 saturated heterocycles. The molecule has 0 unspecified atom stereocenters. The number of aromatic nitrogens is 5. The molecule has 2 aromatic rings. The molecule has 0 aromatic carbocycles. The third-order valence-electron chi connectivity index (χ3n) is 1.99. The van der Waals surface area contributed by atoms with Gasteiger partial charge in [-0.2, -0.15) is 10.1 Å². The third kappa shape index (κ3) is 2.50. The molecule has 7 heteroatoms. The average Bonchev–Trinajstić information content (AvgIpc) is 2.77. The van der Waals surface area contributed by atoms with Crippen LogP contribution in [0.4, 0.5) is 5.95 Å². The lowest BCUT2D eigenvalue weighted by Crippen LogP contribution is -1.99. The molecule has 6 nitrogen and oxygen atoms in total. The number of aryl methyl sites for hydroxylation is 2. The molecule has 2 heterocycles.